The van der Waals surface area contributed by atoms with Gasteiger partial charge in [-0.05, 0) is 37.1 Å². The van der Waals surface area contributed by atoms with Gasteiger partial charge in [-0.25, -0.2) is 4.98 Å². The number of aromatic nitrogens is 1. The van der Waals surface area contributed by atoms with Crippen molar-refractivity contribution in [2.45, 2.75) is 32.4 Å². The minimum Gasteiger partial charge on any atom is -0.377 e. The van der Waals surface area contributed by atoms with Crippen molar-refractivity contribution in [3.05, 3.63) is 23.8 Å². The lowest BCUT2D eigenvalue weighted by atomic mass is 10.1. The van der Waals surface area contributed by atoms with Crippen LogP contribution in [0.5, 0.6) is 0 Å². The van der Waals surface area contributed by atoms with Crippen LogP contribution in [0.15, 0.2) is 18.2 Å². The molecule has 108 valence electrons. The van der Waals surface area contributed by atoms with Gasteiger partial charge in [0.25, 0.3) is 0 Å². The van der Waals surface area contributed by atoms with Crippen molar-refractivity contribution in [1.29, 1.82) is 0 Å². The molecule has 1 atom stereocenters. The van der Waals surface area contributed by atoms with Crippen molar-refractivity contribution < 1.29 is 4.74 Å². The molecule has 0 radical (unpaired) electrons. The van der Waals surface area contributed by atoms with Crippen LogP contribution in [0.1, 0.15) is 25.3 Å². The number of ether oxygens (including phenoxy) is 1. The number of nitrogens with two attached hydrogens (primary N) is 1. The molecule has 1 unspecified atom stereocenters. The molecule has 0 spiro atoms. The van der Waals surface area contributed by atoms with Crippen LogP contribution in [0.3, 0.4) is 0 Å². The van der Waals surface area contributed by atoms with Gasteiger partial charge < -0.3 is 10.5 Å². The molecule has 2 aromatic rings. The topological polar surface area (TPSA) is 51.4 Å². The molecule has 1 aromatic heterocycles. The maximum absolute atomic E-state index is 5.76. The summed E-state index contributed by atoms with van der Waals surface area (Å²) in [5.41, 5.74) is 8.08. The summed E-state index contributed by atoms with van der Waals surface area (Å²) in [6.07, 6.45) is 2.81. The highest BCUT2D eigenvalue weighted by Crippen LogP contribution is 2.25. The molecule has 5 heteroatoms. The van der Waals surface area contributed by atoms with Gasteiger partial charge in [-0.3, -0.25) is 4.90 Å². The third-order valence-electron chi connectivity index (χ3n) is 3.81. The Labute approximate surface area is 123 Å². The maximum atomic E-state index is 5.76. The standard InChI is InChI=1S/C15H21N3OS/c1-2-18(10-12-4-3-7-19-12)9-11-5-6-13-14(8-11)20-15(16)17-13/h5-6,8,12H,2-4,7,9-10H2,1H3,(H2,16,17). The Morgan fingerprint density at radius 3 is 3.15 bits per heavy atom. The van der Waals surface area contributed by atoms with Crippen molar-refractivity contribution in [1.82, 2.24) is 9.88 Å². The fourth-order valence-corrected chi connectivity index (χ4v) is 3.52. The highest BCUT2D eigenvalue weighted by Gasteiger charge is 2.18. The van der Waals surface area contributed by atoms with E-state index >= 15 is 0 Å². The van der Waals surface area contributed by atoms with E-state index < -0.39 is 0 Å². The number of hydrogen-bond acceptors (Lipinski definition) is 5. The van der Waals surface area contributed by atoms with E-state index in [1.54, 1.807) is 11.3 Å². The molecule has 4 nitrogen and oxygen atoms in total. The second-order valence-electron chi connectivity index (χ2n) is 5.32. The van der Waals surface area contributed by atoms with Gasteiger partial charge in [0.05, 0.1) is 16.3 Å². The van der Waals surface area contributed by atoms with Gasteiger partial charge in [0.2, 0.25) is 0 Å². The third-order valence-corrected chi connectivity index (χ3v) is 4.66. The summed E-state index contributed by atoms with van der Waals surface area (Å²) in [4.78, 5) is 6.75. The molecule has 20 heavy (non-hydrogen) atoms. The van der Waals surface area contributed by atoms with E-state index in [0.717, 1.165) is 31.8 Å². The molecule has 0 amide bonds. The Hall–Kier alpha value is -1.17. The molecule has 1 aromatic carbocycles. The first-order valence-corrected chi connectivity index (χ1v) is 8.05. The lowest BCUT2D eigenvalue weighted by molar-refractivity contribution is 0.0725. The van der Waals surface area contributed by atoms with Crippen LogP contribution >= 0.6 is 11.3 Å². The first-order chi connectivity index (χ1) is 9.74. The normalized spacial score (nSPS) is 19.2. The second kappa shape index (κ2) is 6.08. The summed E-state index contributed by atoms with van der Waals surface area (Å²) in [6, 6.07) is 6.43. The number of nitrogens with zero attached hydrogens (tertiary/aromatic N) is 2. The Kier molecular flexibility index (Phi) is 4.19. The van der Waals surface area contributed by atoms with Gasteiger partial charge in [-0.15, -0.1) is 0 Å². The van der Waals surface area contributed by atoms with Crippen molar-refractivity contribution in [2.24, 2.45) is 0 Å². The molecule has 3 rings (SSSR count). The summed E-state index contributed by atoms with van der Waals surface area (Å²) >= 11 is 1.56. The molecule has 0 saturated carbocycles. The number of rotatable bonds is 5. The number of fused-ring (bicyclic) bond motifs is 1. The van der Waals surface area contributed by atoms with E-state index in [1.807, 2.05) is 0 Å². The average molecular weight is 291 g/mol. The molecular weight excluding hydrogens is 270 g/mol. The average Bonchev–Trinajstić information content (AvgIpc) is 3.05. The van der Waals surface area contributed by atoms with Crippen molar-refractivity contribution in [3.63, 3.8) is 0 Å². The zero-order chi connectivity index (χ0) is 13.9. The maximum Gasteiger partial charge on any atom is 0.181 e. The van der Waals surface area contributed by atoms with Gasteiger partial charge in [0.1, 0.15) is 0 Å². The van der Waals surface area contributed by atoms with E-state index in [1.165, 1.54) is 23.1 Å². The quantitative estimate of drug-likeness (QED) is 0.920. The minimum atomic E-state index is 0.415. The number of anilines is 1. The highest BCUT2D eigenvalue weighted by molar-refractivity contribution is 7.22. The second-order valence-corrected chi connectivity index (χ2v) is 6.38. The van der Waals surface area contributed by atoms with Crippen LogP contribution in [0.2, 0.25) is 0 Å². The lowest BCUT2D eigenvalue weighted by Crippen LogP contribution is -2.31. The Morgan fingerprint density at radius 1 is 1.50 bits per heavy atom. The van der Waals surface area contributed by atoms with E-state index in [2.05, 4.69) is 35.0 Å². The van der Waals surface area contributed by atoms with E-state index in [9.17, 15) is 0 Å². The van der Waals surface area contributed by atoms with Crippen molar-refractivity contribution in [3.8, 4) is 0 Å². The van der Waals surface area contributed by atoms with Gasteiger partial charge in [0, 0.05) is 19.7 Å². The Morgan fingerprint density at radius 2 is 2.40 bits per heavy atom. The van der Waals surface area contributed by atoms with Crippen molar-refractivity contribution >= 4 is 26.7 Å². The van der Waals surface area contributed by atoms with Gasteiger partial charge in [-0.2, -0.15) is 0 Å². The van der Waals surface area contributed by atoms with Crippen LogP contribution in [-0.2, 0) is 11.3 Å². The van der Waals surface area contributed by atoms with Crippen LogP contribution in [0.25, 0.3) is 10.2 Å². The Bertz CT molecular complexity index is 578. The third kappa shape index (κ3) is 3.11. The molecule has 2 heterocycles. The summed E-state index contributed by atoms with van der Waals surface area (Å²) in [7, 11) is 0. The first kappa shape index (κ1) is 13.8. The predicted molar refractivity (Wildman–Crippen MR) is 84.0 cm³/mol. The van der Waals surface area contributed by atoms with Crippen molar-refractivity contribution in [2.75, 3.05) is 25.4 Å². The predicted octanol–water partition coefficient (Wildman–Crippen LogP) is 2.88. The highest BCUT2D eigenvalue weighted by atomic mass is 32.1. The van der Waals surface area contributed by atoms with Crippen LogP contribution in [0.4, 0.5) is 5.13 Å². The fraction of sp³-hybridized carbons (Fsp3) is 0.533. The van der Waals surface area contributed by atoms with Crippen LogP contribution in [0, 0.1) is 0 Å². The summed E-state index contributed by atoms with van der Waals surface area (Å²) in [6.45, 7) is 6.17. The van der Waals surface area contributed by atoms with Gasteiger partial charge >= 0.3 is 0 Å². The smallest absolute Gasteiger partial charge is 0.181 e. The molecule has 1 aliphatic rings. The zero-order valence-corrected chi connectivity index (χ0v) is 12.7. The molecular formula is C15H21N3OS. The molecule has 0 aliphatic carbocycles. The summed E-state index contributed by atoms with van der Waals surface area (Å²) < 4.78 is 6.90. The van der Waals surface area contributed by atoms with E-state index in [-0.39, 0.29) is 0 Å². The molecule has 1 fully saturated rings. The molecule has 0 bridgehead atoms. The molecule has 1 aliphatic heterocycles. The molecule has 2 N–H and O–H groups in total. The SMILES string of the molecule is CCN(Cc1ccc2nc(N)sc2c1)CC1CCCO1. The number of benzene rings is 1. The monoisotopic (exact) mass is 291 g/mol. The van der Waals surface area contributed by atoms with Gasteiger partial charge in [0.15, 0.2) is 5.13 Å². The lowest BCUT2D eigenvalue weighted by Gasteiger charge is -2.23. The summed E-state index contributed by atoms with van der Waals surface area (Å²) in [5, 5.41) is 0.642. The van der Waals surface area contributed by atoms with E-state index in [4.69, 9.17) is 10.5 Å². The number of hydrogen-bond donors (Lipinski definition) is 1. The van der Waals surface area contributed by atoms with Crippen LogP contribution < -0.4 is 5.73 Å². The van der Waals surface area contributed by atoms with E-state index in [0.29, 0.717) is 11.2 Å². The number of thiazole rings is 1. The first-order valence-electron chi connectivity index (χ1n) is 7.23. The summed E-state index contributed by atoms with van der Waals surface area (Å²) in [5.74, 6) is 0. The number of likely N-dealkylation sites (N-methyl/N-ethyl adjacent to an activating group) is 1. The largest absolute Gasteiger partial charge is 0.377 e. The van der Waals surface area contributed by atoms with Crippen LogP contribution in [-0.4, -0.2) is 35.7 Å². The van der Waals surface area contributed by atoms with Gasteiger partial charge in [-0.1, -0.05) is 24.3 Å². The minimum absolute atomic E-state index is 0.415. The molecule has 1 saturated heterocycles. The zero-order valence-electron chi connectivity index (χ0n) is 11.8. The fourth-order valence-electron chi connectivity index (χ4n) is 2.73. The number of nitrogen functional groups attached to an aromatic ring is 1. The Balaban J connectivity index is 1.69.